The SMILES string of the molecule is Nc1cccc(Oc2ccccc2-c2cccc(-c3ccccc3)c2-c2ccccc2Oc2cccc(N)c2)c1. The third-order valence-corrected chi connectivity index (χ3v) is 6.65. The van der Waals surface area contributed by atoms with Crippen LogP contribution < -0.4 is 20.9 Å². The van der Waals surface area contributed by atoms with Crippen molar-refractivity contribution in [3.63, 3.8) is 0 Å². The van der Waals surface area contributed by atoms with Crippen LogP contribution in [0.5, 0.6) is 23.0 Å². The molecule has 0 spiro atoms. The molecule has 0 radical (unpaired) electrons. The maximum absolute atomic E-state index is 6.44. The average Bonchev–Trinajstić information content (AvgIpc) is 2.98. The van der Waals surface area contributed by atoms with Gasteiger partial charge in [0.2, 0.25) is 0 Å². The molecule has 4 nitrogen and oxygen atoms in total. The Hall–Kier alpha value is -5.48. The Bertz CT molecular complexity index is 1780. The van der Waals surface area contributed by atoms with Crippen molar-refractivity contribution in [1.82, 2.24) is 0 Å². The topological polar surface area (TPSA) is 70.5 Å². The first-order chi connectivity index (χ1) is 19.7. The molecular weight excluding hydrogens is 492 g/mol. The number of benzene rings is 6. The van der Waals surface area contributed by atoms with Gasteiger partial charge in [0, 0.05) is 40.2 Å². The second-order valence-electron chi connectivity index (χ2n) is 9.44. The third-order valence-electron chi connectivity index (χ3n) is 6.65. The second kappa shape index (κ2) is 11.1. The van der Waals surface area contributed by atoms with E-state index in [0.29, 0.717) is 22.9 Å². The van der Waals surface area contributed by atoms with Gasteiger partial charge in [0.25, 0.3) is 0 Å². The number of nitrogen functional groups attached to an aromatic ring is 2. The van der Waals surface area contributed by atoms with E-state index in [0.717, 1.165) is 44.9 Å². The molecule has 0 aromatic heterocycles. The van der Waals surface area contributed by atoms with Gasteiger partial charge in [-0.05, 0) is 53.1 Å². The molecule has 0 atom stereocenters. The van der Waals surface area contributed by atoms with Crippen LogP contribution in [0.25, 0.3) is 33.4 Å². The first-order valence-corrected chi connectivity index (χ1v) is 13.1. The second-order valence-corrected chi connectivity index (χ2v) is 9.44. The summed E-state index contributed by atoms with van der Waals surface area (Å²) in [5.41, 5.74) is 19.5. The predicted octanol–water partition coefficient (Wildman–Crippen LogP) is 9.44. The largest absolute Gasteiger partial charge is 0.457 e. The van der Waals surface area contributed by atoms with Crippen molar-refractivity contribution in [2.24, 2.45) is 0 Å². The van der Waals surface area contributed by atoms with Gasteiger partial charge in [-0.1, -0.05) is 97.1 Å². The minimum absolute atomic E-state index is 0.646. The summed E-state index contributed by atoms with van der Waals surface area (Å²) in [6.07, 6.45) is 0. The lowest BCUT2D eigenvalue weighted by molar-refractivity contribution is 0.484. The number of para-hydroxylation sites is 2. The van der Waals surface area contributed by atoms with Crippen LogP contribution in [-0.4, -0.2) is 0 Å². The summed E-state index contributed by atoms with van der Waals surface area (Å²) in [4.78, 5) is 0. The van der Waals surface area contributed by atoms with Gasteiger partial charge in [-0.2, -0.15) is 0 Å². The molecule has 0 saturated carbocycles. The van der Waals surface area contributed by atoms with Crippen molar-refractivity contribution >= 4 is 11.4 Å². The number of hydrogen-bond acceptors (Lipinski definition) is 4. The van der Waals surface area contributed by atoms with Gasteiger partial charge < -0.3 is 20.9 Å². The fraction of sp³-hybridized carbons (Fsp3) is 0. The number of anilines is 2. The number of nitrogens with two attached hydrogens (primary N) is 2. The van der Waals surface area contributed by atoms with Crippen molar-refractivity contribution in [3.8, 4) is 56.4 Å². The summed E-state index contributed by atoms with van der Waals surface area (Å²) >= 11 is 0. The maximum atomic E-state index is 6.44. The first kappa shape index (κ1) is 24.8. The van der Waals surface area contributed by atoms with E-state index in [-0.39, 0.29) is 0 Å². The Morgan fingerprint density at radius 1 is 0.375 bits per heavy atom. The van der Waals surface area contributed by atoms with Crippen LogP contribution in [0.4, 0.5) is 11.4 Å². The van der Waals surface area contributed by atoms with E-state index in [1.807, 2.05) is 91.0 Å². The van der Waals surface area contributed by atoms with Gasteiger partial charge in [-0.3, -0.25) is 0 Å². The lowest BCUT2D eigenvalue weighted by atomic mass is 9.87. The summed E-state index contributed by atoms with van der Waals surface area (Å²) in [6.45, 7) is 0. The zero-order chi connectivity index (χ0) is 27.3. The average molecular weight is 521 g/mol. The molecule has 0 unspecified atom stereocenters. The van der Waals surface area contributed by atoms with E-state index >= 15 is 0 Å². The van der Waals surface area contributed by atoms with Gasteiger partial charge >= 0.3 is 0 Å². The zero-order valence-corrected chi connectivity index (χ0v) is 21.8. The molecule has 4 N–H and O–H groups in total. The predicted molar refractivity (Wildman–Crippen MR) is 165 cm³/mol. The van der Waals surface area contributed by atoms with Crippen LogP contribution in [0.2, 0.25) is 0 Å². The Kier molecular flexibility index (Phi) is 6.89. The van der Waals surface area contributed by atoms with Crippen LogP contribution in [0.3, 0.4) is 0 Å². The summed E-state index contributed by atoms with van der Waals surface area (Å²) < 4.78 is 12.8. The maximum Gasteiger partial charge on any atom is 0.135 e. The van der Waals surface area contributed by atoms with Gasteiger partial charge in [0.1, 0.15) is 23.0 Å². The smallest absolute Gasteiger partial charge is 0.135 e. The van der Waals surface area contributed by atoms with Crippen LogP contribution in [0.15, 0.2) is 146 Å². The van der Waals surface area contributed by atoms with Gasteiger partial charge in [0.15, 0.2) is 0 Å². The minimum Gasteiger partial charge on any atom is -0.457 e. The molecule has 0 aliphatic rings. The quantitative estimate of drug-likeness (QED) is 0.206. The Morgan fingerprint density at radius 2 is 0.850 bits per heavy atom. The number of ether oxygens (including phenoxy) is 2. The van der Waals surface area contributed by atoms with Crippen molar-refractivity contribution < 1.29 is 9.47 Å². The van der Waals surface area contributed by atoms with E-state index in [2.05, 4.69) is 54.6 Å². The molecule has 40 heavy (non-hydrogen) atoms. The lowest BCUT2D eigenvalue weighted by Crippen LogP contribution is -1.96. The van der Waals surface area contributed by atoms with Crippen molar-refractivity contribution in [2.45, 2.75) is 0 Å². The fourth-order valence-corrected chi connectivity index (χ4v) is 4.88. The van der Waals surface area contributed by atoms with Crippen LogP contribution in [-0.2, 0) is 0 Å². The van der Waals surface area contributed by atoms with Crippen molar-refractivity contribution in [2.75, 3.05) is 11.5 Å². The molecule has 6 aromatic carbocycles. The molecule has 0 aliphatic carbocycles. The van der Waals surface area contributed by atoms with Crippen LogP contribution in [0, 0.1) is 0 Å². The molecule has 0 amide bonds. The fourth-order valence-electron chi connectivity index (χ4n) is 4.88. The first-order valence-electron chi connectivity index (χ1n) is 13.1. The van der Waals surface area contributed by atoms with Gasteiger partial charge in [0.05, 0.1) is 0 Å². The highest BCUT2D eigenvalue weighted by molar-refractivity contribution is 5.97. The minimum atomic E-state index is 0.646. The summed E-state index contributed by atoms with van der Waals surface area (Å²) in [5, 5.41) is 0. The highest BCUT2D eigenvalue weighted by atomic mass is 16.5. The summed E-state index contributed by atoms with van der Waals surface area (Å²) in [7, 11) is 0. The van der Waals surface area contributed by atoms with Crippen molar-refractivity contribution in [3.05, 3.63) is 146 Å². The molecular formula is C36H28N2O2. The van der Waals surface area contributed by atoms with Crippen LogP contribution >= 0.6 is 0 Å². The van der Waals surface area contributed by atoms with E-state index in [9.17, 15) is 0 Å². The molecule has 6 aromatic rings. The molecule has 0 bridgehead atoms. The highest BCUT2D eigenvalue weighted by Gasteiger charge is 2.20. The monoisotopic (exact) mass is 520 g/mol. The summed E-state index contributed by atoms with van der Waals surface area (Å²) in [5.74, 6) is 2.82. The molecule has 0 heterocycles. The normalized spacial score (nSPS) is 10.7. The van der Waals surface area contributed by atoms with Gasteiger partial charge in [-0.25, -0.2) is 0 Å². The Labute approximate surface area is 234 Å². The molecule has 6 rings (SSSR count). The van der Waals surface area contributed by atoms with E-state index in [1.165, 1.54) is 0 Å². The number of rotatable bonds is 7. The third kappa shape index (κ3) is 5.24. The van der Waals surface area contributed by atoms with E-state index in [1.54, 1.807) is 0 Å². The standard InChI is InChI=1S/C36H28N2O2/c37-26-13-8-15-28(23-26)39-34-21-6-4-17-31(34)32-20-10-19-30(25-11-2-1-3-12-25)36(32)33-18-5-7-22-35(33)40-29-16-9-14-27(38)24-29/h1-24H,37-38H2. The number of hydrogen-bond donors (Lipinski definition) is 2. The van der Waals surface area contributed by atoms with E-state index < -0.39 is 0 Å². The highest BCUT2D eigenvalue weighted by Crippen LogP contribution is 2.47. The molecule has 0 fully saturated rings. The molecule has 0 aliphatic heterocycles. The van der Waals surface area contributed by atoms with Crippen molar-refractivity contribution in [1.29, 1.82) is 0 Å². The molecule has 194 valence electrons. The molecule has 4 heteroatoms. The summed E-state index contributed by atoms with van der Waals surface area (Å²) in [6, 6.07) is 47.8. The zero-order valence-electron chi connectivity index (χ0n) is 21.8. The molecule has 0 saturated heterocycles. The Morgan fingerprint density at radius 3 is 1.48 bits per heavy atom. The Balaban J connectivity index is 1.56. The van der Waals surface area contributed by atoms with E-state index in [4.69, 9.17) is 20.9 Å². The van der Waals surface area contributed by atoms with Crippen LogP contribution in [0.1, 0.15) is 0 Å². The van der Waals surface area contributed by atoms with Gasteiger partial charge in [-0.15, -0.1) is 0 Å². The lowest BCUT2D eigenvalue weighted by Gasteiger charge is -2.20.